The van der Waals surface area contributed by atoms with E-state index in [1.165, 1.54) is 12.4 Å². The van der Waals surface area contributed by atoms with Crippen molar-refractivity contribution in [1.82, 2.24) is 35.5 Å². The first-order valence-electron chi connectivity index (χ1n) is 7.22. The van der Waals surface area contributed by atoms with Crippen LogP contribution in [0.1, 0.15) is 55.1 Å². The molecule has 0 aromatic carbocycles. The zero-order valence-corrected chi connectivity index (χ0v) is 12.4. The lowest BCUT2D eigenvalue weighted by atomic mass is 10.3. The molecule has 116 valence electrons. The van der Waals surface area contributed by atoms with Crippen LogP contribution in [0.4, 0.5) is 0 Å². The molecule has 2 heterocycles. The smallest absolute Gasteiger partial charge is 0.272 e. The van der Waals surface area contributed by atoms with E-state index < -0.39 is 0 Å². The van der Waals surface area contributed by atoms with Crippen molar-refractivity contribution >= 4 is 5.91 Å². The van der Waals surface area contributed by atoms with Crippen molar-refractivity contribution in [1.29, 1.82) is 0 Å². The van der Waals surface area contributed by atoms with Gasteiger partial charge >= 0.3 is 0 Å². The van der Waals surface area contributed by atoms with Crippen molar-refractivity contribution in [2.24, 2.45) is 0 Å². The molecule has 1 saturated carbocycles. The van der Waals surface area contributed by atoms with E-state index in [4.69, 9.17) is 4.74 Å². The van der Waals surface area contributed by atoms with Gasteiger partial charge in [-0.05, 0) is 37.1 Å². The maximum absolute atomic E-state index is 12.2. The fraction of sp³-hybridized carbons (Fsp3) is 0.538. The minimum atomic E-state index is -0.326. The minimum Gasteiger partial charge on any atom is -0.477 e. The quantitative estimate of drug-likeness (QED) is 0.836. The second kappa shape index (κ2) is 6.04. The lowest BCUT2D eigenvalue weighted by Gasteiger charge is -2.13. The molecule has 1 N–H and O–H groups in total. The summed E-state index contributed by atoms with van der Waals surface area (Å²) in [7, 11) is 0. The van der Waals surface area contributed by atoms with E-state index in [9.17, 15) is 4.79 Å². The summed E-state index contributed by atoms with van der Waals surface area (Å²) in [6.45, 7) is 4.19. The van der Waals surface area contributed by atoms with Crippen LogP contribution in [0.25, 0.3) is 0 Å². The molecule has 0 radical (unpaired) electrons. The minimum absolute atomic E-state index is 0.223. The first kappa shape index (κ1) is 14.4. The Bertz CT molecular complexity index is 651. The Balaban J connectivity index is 1.66. The molecule has 0 aliphatic heterocycles. The molecule has 9 nitrogen and oxygen atoms in total. The van der Waals surface area contributed by atoms with Crippen LogP contribution in [0.3, 0.4) is 0 Å². The summed E-state index contributed by atoms with van der Waals surface area (Å²) >= 11 is 0. The number of hydrogen-bond acceptors (Lipinski definition) is 7. The van der Waals surface area contributed by atoms with Crippen LogP contribution in [0.2, 0.25) is 0 Å². The number of tetrazole rings is 1. The van der Waals surface area contributed by atoms with Crippen LogP contribution >= 0.6 is 0 Å². The zero-order chi connectivity index (χ0) is 15.5. The Labute approximate surface area is 127 Å². The monoisotopic (exact) mass is 303 g/mol. The highest BCUT2D eigenvalue weighted by Gasteiger charge is 2.30. The van der Waals surface area contributed by atoms with Crippen LogP contribution in [0, 0.1) is 0 Å². The fourth-order valence-electron chi connectivity index (χ4n) is 2.06. The van der Waals surface area contributed by atoms with E-state index in [1.54, 1.807) is 4.68 Å². The number of nitrogens with zero attached hydrogens (tertiary/aromatic N) is 6. The van der Waals surface area contributed by atoms with Crippen LogP contribution in [0.15, 0.2) is 12.4 Å². The Morgan fingerprint density at radius 1 is 1.45 bits per heavy atom. The number of hydrogen-bond donors (Lipinski definition) is 1. The molecule has 1 amide bonds. The standard InChI is InChI=1S/C13H17N7O2/c1-3-22-11-7-14-10(6-15-11)13(21)16-8(2)12-17-18-19-20(12)9-4-5-9/h6-9H,3-5H2,1-2H3,(H,16,21)/t8-/m1/s1. The lowest BCUT2D eigenvalue weighted by molar-refractivity contribution is 0.0931. The summed E-state index contributed by atoms with van der Waals surface area (Å²) < 4.78 is 6.97. The number of rotatable bonds is 6. The largest absolute Gasteiger partial charge is 0.477 e. The van der Waals surface area contributed by atoms with Crippen LogP contribution in [-0.2, 0) is 0 Å². The highest BCUT2D eigenvalue weighted by Crippen LogP contribution is 2.35. The average molecular weight is 303 g/mol. The van der Waals surface area contributed by atoms with Crippen molar-refractivity contribution in [3.63, 3.8) is 0 Å². The van der Waals surface area contributed by atoms with Crippen molar-refractivity contribution in [2.45, 2.75) is 38.8 Å². The van der Waals surface area contributed by atoms with Gasteiger partial charge in [-0.1, -0.05) is 0 Å². The molecule has 1 fully saturated rings. The number of carbonyl (C=O) groups excluding carboxylic acids is 1. The topological polar surface area (TPSA) is 108 Å². The first-order valence-corrected chi connectivity index (χ1v) is 7.22. The molecular formula is C13H17N7O2. The number of ether oxygens (including phenoxy) is 1. The van der Waals surface area contributed by atoms with E-state index in [0.717, 1.165) is 12.8 Å². The summed E-state index contributed by atoms with van der Waals surface area (Å²) in [5, 5.41) is 14.5. The normalized spacial score (nSPS) is 15.4. The van der Waals surface area contributed by atoms with Crippen LogP contribution in [-0.4, -0.2) is 42.7 Å². The first-order chi connectivity index (χ1) is 10.7. The molecular weight excluding hydrogens is 286 g/mol. The third kappa shape index (κ3) is 3.02. The maximum Gasteiger partial charge on any atom is 0.272 e. The van der Waals surface area contributed by atoms with Gasteiger partial charge in [0.05, 0.1) is 31.1 Å². The second-order valence-electron chi connectivity index (χ2n) is 5.08. The van der Waals surface area contributed by atoms with Crippen molar-refractivity contribution < 1.29 is 9.53 Å². The molecule has 2 aromatic rings. The van der Waals surface area contributed by atoms with E-state index in [-0.39, 0.29) is 17.6 Å². The lowest BCUT2D eigenvalue weighted by Crippen LogP contribution is -2.29. The van der Waals surface area contributed by atoms with Gasteiger partial charge < -0.3 is 10.1 Å². The highest BCUT2D eigenvalue weighted by molar-refractivity contribution is 5.92. The molecule has 1 aliphatic rings. The Kier molecular flexibility index (Phi) is 3.94. The van der Waals surface area contributed by atoms with Crippen LogP contribution < -0.4 is 10.1 Å². The third-order valence-electron chi connectivity index (χ3n) is 3.30. The molecule has 22 heavy (non-hydrogen) atoms. The molecule has 0 bridgehead atoms. The van der Waals surface area contributed by atoms with Gasteiger partial charge in [0, 0.05) is 0 Å². The van der Waals surface area contributed by atoms with Gasteiger partial charge in [0.2, 0.25) is 5.88 Å². The molecule has 3 rings (SSSR count). The van der Waals surface area contributed by atoms with Crippen LogP contribution in [0.5, 0.6) is 5.88 Å². The molecule has 1 aliphatic carbocycles. The summed E-state index contributed by atoms with van der Waals surface area (Å²) in [5.41, 5.74) is 0.223. The third-order valence-corrected chi connectivity index (χ3v) is 3.30. The van der Waals surface area contributed by atoms with E-state index in [1.807, 2.05) is 13.8 Å². The summed E-state index contributed by atoms with van der Waals surface area (Å²) in [6.07, 6.45) is 4.96. The molecule has 2 aromatic heterocycles. The van der Waals surface area contributed by atoms with Gasteiger partial charge in [-0.3, -0.25) is 4.79 Å². The van der Waals surface area contributed by atoms with Gasteiger partial charge in [0.15, 0.2) is 5.82 Å². The molecule has 0 spiro atoms. The summed E-state index contributed by atoms with van der Waals surface area (Å²) in [6, 6.07) is 0.0473. The van der Waals surface area contributed by atoms with Crippen molar-refractivity contribution in [3.05, 3.63) is 23.9 Å². The Morgan fingerprint density at radius 3 is 2.91 bits per heavy atom. The maximum atomic E-state index is 12.2. The number of carbonyl (C=O) groups is 1. The van der Waals surface area contributed by atoms with Gasteiger partial charge in [-0.2, -0.15) is 0 Å². The van der Waals surface area contributed by atoms with Crippen molar-refractivity contribution in [3.8, 4) is 5.88 Å². The predicted octanol–water partition coefficient (Wildman–Crippen LogP) is 0.688. The molecule has 0 unspecified atom stereocenters. The summed E-state index contributed by atoms with van der Waals surface area (Å²) in [5.74, 6) is 0.716. The van der Waals surface area contributed by atoms with Gasteiger partial charge in [0.25, 0.3) is 5.91 Å². The van der Waals surface area contributed by atoms with Gasteiger partial charge in [-0.15, -0.1) is 5.10 Å². The fourth-order valence-corrected chi connectivity index (χ4v) is 2.06. The van der Waals surface area contributed by atoms with E-state index in [0.29, 0.717) is 24.4 Å². The van der Waals surface area contributed by atoms with Gasteiger partial charge in [-0.25, -0.2) is 14.6 Å². The Morgan fingerprint density at radius 2 is 2.27 bits per heavy atom. The number of amides is 1. The average Bonchev–Trinajstić information content (AvgIpc) is 3.25. The van der Waals surface area contributed by atoms with Crippen molar-refractivity contribution in [2.75, 3.05) is 6.61 Å². The molecule has 9 heteroatoms. The van der Waals surface area contributed by atoms with E-state index in [2.05, 4.69) is 30.8 Å². The second-order valence-corrected chi connectivity index (χ2v) is 5.08. The molecule has 0 saturated heterocycles. The number of aromatic nitrogens is 6. The van der Waals surface area contributed by atoms with E-state index >= 15 is 0 Å². The Hall–Kier alpha value is -2.58. The SMILES string of the molecule is CCOc1cnc(C(=O)N[C@H](C)c2nnnn2C2CC2)cn1. The zero-order valence-electron chi connectivity index (χ0n) is 12.4. The highest BCUT2D eigenvalue weighted by atomic mass is 16.5. The predicted molar refractivity (Wildman–Crippen MR) is 75.2 cm³/mol. The molecule has 1 atom stereocenters. The summed E-state index contributed by atoms with van der Waals surface area (Å²) in [4.78, 5) is 20.3. The number of nitrogens with one attached hydrogen (secondary N) is 1. The van der Waals surface area contributed by atoms with Gasteiger partial charge in [0.1, 0.15) is 5.69 Å².